The number of halogens is 5. The Balaban J connectivity index is 3.42. The minimum atomic E-state index is -4.94. The second-order valence-corrected chi connectivity index (χ2v) is 7.27. The Morgan fingerprint density at radius 2 is 1.80 bits per heavy atom. The van der Waals surface area contributed by atoms with Crippen LogP contribution in [0, 0.1) is 5.82 Å². The maximum Gasteiger partial charge on any atom is 0.438 e. The van der Waals surface area contributed by atoms with Crippen LogP contribution in [0.5, 0.6) is 0 Å². The van der Waals surface area contributed by atoms with Crippen LogP contribution in [0.15, 0.2) is 22.6 Å². The molecule has 0 aliphatic rings. The summed E-state index contributed by atoms with van der Waals surface area (Å²) in [7, 11) is 0. The molecule has 1 aromatic carbocycles. The van der Waals surface area contributed by atoms with Gasteiger partial charge in [0.25, 0.3) is 0 Å². The molecule has 0 amide bonds. The largest absolute Gasteiger partial charge is 0.591 e. The molecule has 1 unspecified atom stereocenters. The molecule has 1 atom stereocenters. The highest BCUT2D eigenvalue weighted by Crippen LogP contribution is 2.29. The average Bonchev–Trinajstić information content (AvgIpc) is 2.26. The van der Waals surface area contributed by atoms with E-state index < -0.39 is 39.4 Å². The molecule has 20 heavy (non-hydrogen) atoms. The molecular weight excluding hydrogens is 318 g/mol. The van der Waals surface area contributed by atoms with Crippen LogP contribution in [0.2, 0.25) is 5.02 Å². The van der Waals surface area contributed by atoms with Crippen LogP contribution >= 0.6 is 11.6 Å². The third-order valence-corrected chi connectivity index (χ3v) is 3.78. The van der Waals surface area contributed by atoms with Gasteiger partial charge >= 0.3 is 6.18 Å². The molecule has 0 aliphatic heterocycles. The topological polar surface area (TPSA) is 35.4 Å². The van der Waals surface area contributed by atoms with Crippen molar-refractivity contribution in [2.45, 2.75) is 31.7 Å². The van der Waals surface area contributed by atoms with E-state index in [1.807, 2.05) is 0 Å². The van der Waals surface area contributed by atoms with Gasteiger partial charge in [-0.3, -0.25) is 0 Å². The van der Waals surface area contributed by atoms with Crippen LogP contribution in [0.3, 0.4) is 0 Å². The summed E-state index contributed by atoms with van der Waals surface area (Å²) in [6, 6.07) is 2.73. The van der Waals surface area contributed by atoms with Gasteiger partial charge in [-0.2, -0.15) is 13.2 Å². The minimum Gasteiger partial charge on any atom is -0.591 e. The molecule has 0 saturated carbocycles. The first-order valence-corrected chi connectivity index (χ1v) is 6.94. The molecule has 0 radical (unpaired) electrons. The zero-order valence-electron chi connectivity index (χ0n) is 10.9. The van der Waals surface area contributed by atoms with Gasteiger partial charge in [-0.25, -0.2) is 4.39 Å². The molecule has 8 heteroatoms. The summed E-state index contributed by atoms with van der Waals surface area (Å²) < 4.78 is 66.5. The van der Waals surface area contributed by atoms with Gasteiger partial charge in [0.2, 0.25) is 5.71 Å². The van der Waals surface area contributed by atoms with E-state index in [0.717, 1.165) is 18.2 Å². The summed E-state index contributed by atoms with van der Waals surface area (Å²) in [4.78, 5) is 0. The van der Waals surface area contributed by atoms with Crippen molar-refractivity contribution in [2.24, 2.45) is 4.40 Å². The van der Waals surface area contributed by atoms with Crippen molar-refractivity contribution in [1.29, 1.82) is 0 Å². The molecule has 0 bridgehead atoms. The van der Waals surface area contributed by atoms with E-state index in [-0.39, 0.29) is 5.02 Å². The lowest BCUT2D eigenvalue weighted by atomic mass is 10.1. The van der Waals surface area contributed by atoms with Gasteiger partial charge in [0.1, 0.15) is 21.9 Å². The molecule has 0 heterocycles. The van der Waals surface area contributed by atoms with E-state index in [9.17, 15) is 22.1 Å². The van der Waals surface area contributed by atoms with E-state index in [0.29, 0.717) is 0 Å². The molecule has 0 N–H and O–H groups in total. The monoisotopic (exact) mass is 329 g/mol. The maximum absolute atomic E-state index is 13.6. The van der Waals surface area contributed by atoms with Crippen molar-refractivity contribution in [3.8, 4) is 0 Å². The van der Waals surface area contributed by atoms with Crippen molar-refractivity contribution >= 4 is 28.7 Å². The smallest absolute Gasteiger partial charge is 0.438 e. The summed E-state index contributed by atoms with van der Waals surface area (Å²) >= 11 is 3.40. The molecule has 0 fully saturated rings. The highest BCUT2D eigenvalue weighted by Gasteiger charge is 2.42. The van der Waals surface area contributed by atoms with Crippen molar-refractivity contribution in [3.63, 3.8) is 0 Å². The van der Waals surface area contributed by atoms with Crippen LogP contribution in [-0.4, -0.2) is 21.2 Å². The van der Waals surface area contributed by atoms with Crippen LogP contribution in [0.1, 0.15) is 26.3 Å². The Morgan fingerprint density at radius 1 is 1.25 bits per heavy atom. The Labute approximate surface area is 122 Å². The second-order valence-electron chi connectivity index (χ2n) is 4.92. The van der Waals surface area contributed by atoms with Gasteiger partial charge in [0.15, 0.2) is 0 Å². The SMILES string of the molecule is CC(C)(C)[S+]([O-])/N=C(/c1cc(Cl)ccc1F)C(F)(F)F. The number of hydrogen-bond donors (Lipinski definition) is 0. The second kappa shape index (κ2) is 5.91. The molecular formula is C12H12ClF4NOS. The van der Waals surface area contributed by atoms with Gasteiger partial charge in [-0.05, 0) is 39.0 Å². The van der Waals surface area contributed by atoms with Crippen LogP contribution < -0.4 is 0 Å². The number of benzene rings is 1. The van der Waals surface area contributed by atoms with E-state index in [1.165, 1.54) is 20.8 Å². The van der Waals surface area contributed by atoms with E-state index >= 15 is 0 Å². The number of alkyl halides is 3. The summed E-state index contributed by atoms with van der Waals surface area (Å²) in [5.74, 6) is -1.13. The van der Waals surface area contributed by atoms with Gasteiger partial charge in [-0.1, -0.05) is 16.0 Å². The van der Waals surface area contributed by atoms with Crippen molar-refractivity contribution in [3.05, 3.63) is 34.6 Å². The zero-order valence-corrected chi connectivity index (χ0v) is 12.5. The fraction of sp³-hybridized carbons (Fsp3) is 0.417. The number of nitrogens with zero attached hydrogens (tertiary/aromatic N) is 1. The van der Waals surface area contributed by atoms with Crippen molar-refractivity contribution < 1.29 is 22.1 Å². The third-order valence-electron chi connectivity index (χ3n) is 2.15. The van der Waals surface area contributed by atoms with E-state index in [4.69, 9.17) is 11.6 Å². The molecule has 0 saturated heterocycles. The molecule has 1 rings (SSSR count). The predicted octanol–water partition coefficient (Wildman–Crippen LogP) is 4.29. The predicted molar refractivity (Wildman–Crippen MR) is 71.9 cm³/mol. The number of rotatable bonds is 2. The quantitative estimate of drug-likeness (QED) is 0.453. The van der Waals surface area contributed by atoms with Crippen LogP contribution in [0.25, 0.3) is 0 Å². The van der Waals surface area contributed by atoms with Crippen LogP contribution in [0.4, 0.5) is 17.6 Å². The maximum atomic E-state index is 13.6. The molecule has 2 nitrogen and oxygen atoms in total. The molecule has 0 aliphatic carbocycles. The molecule has 0 spiro atoms. The minimum absolute atomic E-state index is 0.0695. The third kappa shape index (κ3) is 4.36. The molecule has 0 aromatic heterocycles. The first-order valence-electron chi connectivity index (χ1n) is 5.46. The van der Waals surface area contributed by atoms with E-state index in [2.05, 4.69) is 4.40 Å². The fourth-order valence-electron chi connectivity index (χ4n) is 1.15. The van der Waals surface area contributed by atoms with Gasteiger partial charge < -0.3 is 4.55 Å². The highest BCUT2D eigenvalue weighted by atomic mass is 35.5. The summed E-state index contributed by atoms with van der Waals surface area (Å²) in [5.41, 5.74) is -2.35. The lowest BCUT2D eigenvalue weighted by Gasteiger charge is -2.20. The Morgan fingerprint density at radius 3 is 2.25 bits per heavy atom. The lowest BCUT2D eigenvalue weighted by molar-refractivity contribution is -0.0580. The van der Waals surface area contributed by atoms with Crippen LogP contribution in [-0.2, 0) is 11.4 Å². The molecule has 112 valence electrons. The summed E-state index contributed by atoms with van der Waals surface area (Å²) in [6.07, 6.45) is -4.94. The average molecular weight is 330 g/mol. The summed E-state index contributed by atoms with van der Waals surface area (Å²) in [5, 5.41) is -0.0695. The standard InChI is InChI=1S/C12H12ClF4NOS/c1-11(2,3)20(19)18-10(12(15,16)17)8-6-7(13)4-5-9(8)14/h4-6H,1-3H3/b18-10-. The number of hydrogen-bond acceptors (Lipinski definition) is 2. The fourth-order valence-corrected chi connectivity index (χ4v) is 1.97. The van der Waals surface area contributed by atoms with Gasteiger partial charge in [-0.15, -0.1) is 0 Å². The Kier molecular flexibility index (Phi) is 5.10. The Hall–Kier alpha value is -0.790. The first-order chi connectivity index (χ1) is 8.93. The van der Waals surface area contributed by atoms with Crippen molar-refractivity contribution in [2.75, 3.05) is 0 Å². The van der Waals surface area contributed by atoms with E-state index in [1.54, 1.807) is 0 Å². The molecule has 1 aromatic rings. The lowest BCUT2D eigenvalue weighted by Crippen LogP contribution is -2.32. The van der Waals surface area contributed by atoms with Gasteiger partial charge in [0.05, 0.1) is 0 Å². The highest BCUT2D eigenvalue weighted by molar-refractivity contribution is 7.91. The first kappa shape index (κ1) is 17.3. The summed E-state index contributed by atoms with van der Waals surface area (Å²) in [6.45, 7) is 4.40. The zero-order chi connectivity index (χ0) is 15.7. The van der Waals surface area contributed by atoms with Gasteiger partial charge in [0, 0.05) is 10.6 Å². The Bertz CT molecular complexity index is 525. The normalized spacial score (nSPS) is 15.3. The van der Waals surface area contributed by atoms with Crippen molar-refractivity contribution in [1.82, 2.24) is 0 Å².